The molecule has 1 aliphatic rings. The fourth-order valence-electron chi connectivity index (χ4n) is 3.53. The van der Waals surface area contributed by atoms with Crippen LogP contribution < -0.4 is 10.1 Å². The molecule has 0 unspecified atom stereocenters. The quantitative estimate of drug-likeness (QED) is 0.858. The van der Waals surface area contributed by atoms with E-state index in [0.29, 0.717) is 29.5 Å². The molecule has 0 aromatic heterocycles. The highest BCUT2D eigenvalue weighted by Gasteiger charge is 2.20. The minimum absolute atomic E-state index is 0.108. The Balaban J connectivity index is 1.69. The highest BCUT2D eigenvalue weighted by molar-refractivity contribution is 5.95. The lowest BCUT2D eigenvalue weighted by molar-refractivity contribution is 0.0950. The summed E-state index contributed by atoms with van der Waals surface area (Å²) in [5.41, 5.74) is 1.95. The molecule has 5 heteroatoms. The van der Waals surface area contributed by atoms with E-state index in [0.717, 1.165) is 18.5 Å². The van der Waals surface area contributed by atoms with Crippen molar-refractivity contribution >= 4 is 5.91 Å². The summed E-state index contributed by atoms with van der Waals surface area (Å²) >= 11 is 0. The summed E-state index contributed by atoms with van der Waals surface area (Å²) in [7, 11) is 3.68. The number of benzene rings is 2. The average Bonchev–Trinajstić information content (AvgIpc) is 3.06. The molecule has 26 heavy (non-hydrogen) atoms. The monoisotopic (exact) mass is 356 g/mol. The van der Waals surface area contributed by atoms with E-state index in [-0.39, 0.29) is 11.7 Å². The molecule has 0 bridgehead atoms. The van der Waals surface area contributed by atoms with Gasteiger partial charge in [-0.25, -0.2) is 4.39 Å². The molecule has 1 heterocycles. The Hall–Kier alpha value is -2.40. The zero-order valence-corrected chi connectivity index (χ0v) is 15.3. The first-order chi connectivity index (χ1) is 12.6. The Kier molecular flexibility index (Phi) is 5.89. The summed E-state index contributed by atoms with van der Waals surface area (Å²) in [6, 6.07) is 12.1. The molecule has 1 amide bonds. The summed E-state index contributed by atoms with van der Waals surface area (Å²) < 4.78 is 19.0. The summed E-state index contributed by atoms with van der Waals surface area (Å²) in [5, 5.41) is 2.99. The third-order valence-electron chi connectivity index (χ3n) is 5.03. The Labute approximate surface area is 154 Å². The van der Waals surface area contributed by atoms with Crippen molar-refractivity contribution in [1.29, 1.82) is 0 Å². The Morgan fingerprint density at radius 1 is 1.31 bits per heavy atom. The molecule has 1 N–H and O–H groups in total. The maximum atomic E-state index is 13.6. The lowest BCUT2D eigenvalue weighted by atomic mass is 10.0. The minimum Gasteiger partial charge on any atom is -0.496 e. The van der Waals surface area contributed by atoms with Gasteiger partial charge in [-0.2, -0.15) is 0 Å². The topological polar surface area (TPSA) is 41.6 Å². The molecule has 2 aromatic rings. The van der Waals surface area contributed by atoms with Gasteiger partial charge in [-0.1, -0.05) is 12.1 Å². The van der Waals surface area contributed by atoms with E-state index in [9.17, 15) is 9.18 Å². The van der Waals surface area contributed by atoms with Gasteiger partial charge in [-0.3, -0.25) is 4.79 Å². The van der Waals surface area contributed by atoms with Gasteiger partial charge in [0.2, 0.25) is 0 Å². The number of carbonyl (C=O) groups is 1. The first kappa shape index (κ1) is 18.4. The van der Waals surface area contributed by atoms with Gasteiger partial charge in [0.25, 0.3) is 5.91 Å². The normalized spacial score (nSPS) is 17.3. The molecule has 1 fully saturated rings. The predicted octanol–water partition coefficient (Wildman–Crippen LogP) is 3.72. The fraction of sp³-hybridized carbons (Fsp3) is 0.381. The van der Waals surface area contributed by atoms with Gasteiger partial charge in [-0.15, -0.1) is 0 Å². The van der Waals surface area contributed by atoms with E-state index >= 15 is 0 Å². The predicted molar refractivity (Wildman–Crippen MR) is 101 cm³/mol. The van der Waals surface area contributed by atoms with Gasteiger partial charge in [0.1, 0.15) is 11.6 Å². The van der Waals surface area contributed by atoms with E-state index in [4.69, 9.17) is 4.74 Å². The molecule has 0 radical (unpaired) electrons. The van der Waals surface area contributed by atoms with Crippen molar-refractivity contribution in [3.8, 4) is 16.9 Å². The van der Waals surface area contributed by atoms with Crippen LogP contribution in [0.25, 0.3) is 11.1 Å². The number of amides is 1. The molecule has 2 aromatic carbocycles. The van der Waals surface area contributed by atoms with Crippen LogP contribution in [0.1, 0.15) is 29.6 Å². The molecule has 1 atom stereocenters. The smallest absolute Gasteiger partial charge is 0.251 e. The Morgan fingerprint density at radius 2 is 2.15 bits per heavy atom. The highest BCUT2D eigenvalue weighted by atomic mass is 19.1. The van der Waals surface area contributed by atoms with Crippen molar-refractivity contribution in [2.24, 2.45) is 0 Å². The molecule has 0 saturated carbocycles. The van der Waals surface area contributed by atoms with Crippen LogP contribution in [-0.4, -0.2) is 44.1 Å². The molecular formula is C21H25FN2O2. The molecule has 3 rings (SSSR count). The van der Waals surface area contributed by atoms with Gasteiger partial charge in [0.05, 0.1) is 7.11 Å². The van der Waals surface area contributed by atoms with E-state index in [1.807, 2.05) is 6.07 Å². The molecule has 0 aliphatic carbocycles. The average molecular weight is 356 g/mol. The van der Waals surface area contributed by atoms with Crippen LogP contribution in [-0.2, 0) is 0 Å². The molecule has 138 valence electrons. The number of nitrogens with zero attached hydrogens (tertiary/aromatic N) is 1. The summed E-state index contributed by atoms with van der Waals surface area (Å²) in [5.74, 6) is 0.132. The van der Waals surface area contributed by atoms with Crippen LogP contribution in [0.4, 0.5) is 4.39 Å². The van der Waals surface area contributed by atoms with Crippen molar-refractivity contribution in [2.45, 2.75) is 25.3 Å². The summed E-state index contributed by atoms with van der Waals surface area (Å²) in [6.45, 7) is 1.79. The van der Waals surface area contributed by atoms with E-state index < -0.39 is 0 Å². The minimum atomic E-state index is -0.337. The van der Waals surface area contributed by atoms with Crippen LogP contribution >= 0.6 is 0 Å². The molecule has 1 saturated heterocycles. The van der Waals surface area contributed by atoms with Crippen molar-refractivity contribution in [2.75, 3.05) is 27.2 Å². The highest BCUT2D eigenvalue weighted by Crippen LogP contribution is 2.31. The van der Waals surface area contributed by atoms with Crippen LogP contribution in [0.2, 0.25) is 0 Å². The summed E-state index contributed by atoms with van der Waals surface area (Å²) in [4.78, 5) is 14.8. The number of methoxy groups -OCH3 is 1. The Bertz CT molecular complexity index is 778. The maximum Gasteiger partial charge on any atom is 0.251 e. The number of halogens is 1. The fourth-order valence-corrected chi connectivity index (χ4v) is 3.53. The first-order valence-corrected chi connectivity index (χ1v) is 9.01. The largest absolute Gasteiger partial charge is 0.496 e. The Morgan fingerprint density at radius 3 is 2.88 bits per heavy atom. The molecule has 1 aliphatic heterocycles. The van der Waals surface area contributed by atoms with Crippen molar-refractivity contribution < 1.29 is 13.9 Å². The van der Waals surface area contributed by atoms with Crippen molar-refractivity contribution in [3.05, 3.63) is 53.8 Å². The second-order valence-corrected chi connectivity index (χ2v) is 6.75. The number of hydrogen-bond donors (Lipinski definition) is 1. The zero-order chi connectivity index (χ0) is 18.5. The third kappa shape index (κ3) is 4.22. The van der Waals surface area contributed by atoms with Crippen LogP contribution in [0.3, 0.4) is 0 Å². The number of hydrogen-bond acceptors (Lipinski definition) is 3. The maximum absolute atomic E-state index is 13.6. The third-order valence-corrected chi connectivity index (χ3v) is 5.03. The number of carbonyl (C=O) groups excluding carboxylic acids is 1. The number of likely N-dealkylation sites (tertiary alicyclic amines) is 1. The second-order valence-electron chi connectivity index (χ2n) is 6.75. The van der Waals surface area contributed by atoms with Crippen molar-refractivity contribution in [3.63, 3.8) is 0 Å². The lowest BCUT2D eigenvalue weighted by Crippen LogP contribution is -2.31. The van der Waals surface area contributed by atoms with Crippen LogP contribution in [0.15, 0.2) is 42.5 Å². The van der Waals surface area contributed by atoms with Crippen LogP contribution in [0.5, 0.6) is 5.75 Å². The number of ether oxygens (including phenoxy) is 1. The van der Waals surface area contributed by atoms with E-state index in [1.165, 1.54) is 25.0 Å². The lowest BCUT2D eigenvalue weighted by Gasteiger charge is -2.19. The second kappa shape index (κ2) is 8.32. The SMILES string of the molecule is COc1ccc(F)cc1-c1cccc(C(=O)NCC[C@H]2CCCN2C)c1. The molecular weight excluding hydrogens is 331 g/mol. The number of rotatable bonds is 6. The first-order valence-electron chi connectivity index (χ1n) is 9.01. The van der Waals surface area contributed by atoms with E-state index in [1.54, 1.807) is 31.4 Å². The van der Waals surface area contributed by atoms with Crippen molar-refractivity contribution in [1.82, 2.24) is 10.2 Å². The van der Waals surface area contributed by atoms with Crippen LogP contribution in [0, 0.1) is 5.82 Å². The molecule has 0 spiro atoms. The summed E-state index contributed by atoms with van der Waals surface area (Å²) in [6.07, 6.45) is 3.38. The van der Waals surface area contributed by atoms with Gasteiger partial charge in [0, 0.05) is 23.7 Å². The standard InChI is InChI=1S/C21H25FN2O2/c1-24-12-4-7-18(24)10-11-23-21(25)16-6-3-5-15(13-16)19-14-17(22)8-9-20(19)26-2/h3,5-6,8-9,13-14,18H,4,7,10-12H2,1-2H3,(H,23,25)/t18-/m1/s1. The number of nitrogens with one attached hydrogen (secondary N) is 1. The van der Waals surface area contributed by atoms with E-state index in [2.05, 4.69) is 17.3 Å². The molecule has 4 nitrogen and oxygen atoms in total. The van der Waals surface area contributed by atoms with Gasteiger partial charge >= 0.3 is 0 Å². The van der Waals surface area contributed by atoms with Gasteiger partial charge < -0.3 is 15.0 Å². The zero-order valence-electron chi connectivity index (χ0n) is 15.3. The van der Waals surface area contributed by atoms with Gasteiger partial charge in [-0.05, 0) is 68.8 Å². The van der Waals surface area contributed by atoms with Gasteiger partial charge in [0.15, 0.2) is 0 Å².